The Morgan fingerprint density at radius 2 is 1.54 bits per heavy atom. The smallest absolute Gasteiger partial charge is 0.335 e. The molecule has 0 fully saturated rings. The summed E-state index contributed by atoms with van der Waals surface area (Å²) >= 11 is 0. The summed E-state index contributed by atoms with van der Waals surface area (Å²) in [5.74, 6) is -0.998. The number of nitrogens with zero attached hydrogens (tertiary/aromatic N) is 4. The number of aromatic carboxylic acids is 1. The number of hydrogen-bond donors (Lipinski definition) is 1. The molecule has 1 aromatic carbocycles. The second-order valence-corrected chi connectivity index (χ2v) is 5.33. The van der Waals surface area contributed by atoms with Crippen molar-refractivity contribution >= 4 is 11.7 Å². The molecule has 26 heavy (non-hydrogen) atoms. The second kappa shape index (κ2) is 7.62. The summed E-state index contributed by atoms with van der Waals surface area (Å²) in [5.41, 5.74) is 0.424. The molecule has 2 aromatic heterocycles. The third kappa shape index (κ3) is 3.47. The fraction of sp³-hybridized carbons (Fsp3) is 0.105. The molecule has 3 aromatic rings. The van der Waals surface area contributed by atoms with Crippen LogP contribution in [-0.4, -0.2) is 28.2 Å². The Morgan fingerprint density at radius 1 is 0.962 bits per heavy atom. The summed E-state index contributed by atoms with van der Waals surface area (Å²) in [5, 5.41) is 17.6. The number of benzene rings is 1. The van der Waals surface area contributed by atoms with Crippen LogP contribution in [0.4, 0.5) is 5.69 Å². The van der Waals surface area contributed by atoms with Gasteiger partial charge in [-0.15, -0.1) is 5.11 Å². The molecule has 0 spiro atoms. The Hall–Kier alpha value is -3.45. The van der Waals surface area contributed by atoms with E-state index in [-0.39, 0.29) is 5.56 Å². The zero-order valence-electron chi connectivity index (χ0n) is 14.0. The summed E-state index contributed by atoms with van der Waals surface area (Å²) in [4.78, 5) is 19.7. The van der Waals surface area contributed by atoms with E-state index < -0.39 is 11.7 Å². The van der Waals surface area contributed by atoms with E-state index in [0.717, 1.165) is 0 Å². The lowest BCUT2D eigenvalue weighted by Crippen LogP contribution is -2.29. The van der Waals surface area contributed by atoms with Crippen molar-refractivity contribution in [2.75, 3.05) is 7.11 Å². The molecule has 0 saturated carbocycles. The molecule has 0 atom stereocenters. The normalized spacial score (nSPS) is 11.6. The maximum Gasteiger partial charge on any atom is 0.335 e. The van der Waals surface area contributed by atoms with Gasteiger partial charge in [0, 0.05) is 19.5 Å². The Kier molecular flexibility index (Phi) is 5.09. The summed E-state index contributed by atoms with van der Waals surface area (Å²) in [7, 11) is 1.51. The zero-order chi connectivity index (χ0) is 18.4. The molecule has 0 amide bonds. The number of rotatable bonds is 6. The van der Waals surface area contributed by atoms with E-state index in [2.05, 4.69) is 20.2 Å². The van der Waals surface area contributed by atoms with Crippen LogP contribution in [-0.2, 0) is 10.5 Å². The van der Waals surface area contributed by atoms with Crippen molar-refractivity contribution in [1.82, 2.24) is 9.97 Å². The molecule has 7 nitrogen and oxygen atoms in total. The maximum absolute atomic E-state index is 11.0. The van der Waals surface area contributed by atoms with Crippen LogP contribution in [0.15, 0.2) is 83.3 Å². The van der Waals surface area contributed by atoms with Gasteiger partial charge < -0.3 is 9.84 Å². The number of carboxylic acids is 1. The lowest BCUT2D eigenvalue weighted by atomic mass is 10.0. The monoisotopic (exact) mass is 348 g/mol. The molecule has 0 unspecified atom stereocenters. The summed E-state index contributed by atoms with van der Waals surface area (Å²) < 4.78 is 5.71. The summed E-state index contributed by atoms with van der Waals surface area (Å²) in [6.07, 6.45) is 3.28. The number of pyridine rings is 2. The predicted octanol–water partition coefficient (Wildman–Crippen LogP) is 3.81. The number of hydrogen-bond acceptors (Lipinski definition) is 6. The quantitative estimate of drug-likeness (QED) is 0.683. The minimum atomic E-state index is -1.31. The Morgan fingerprint density at radius 3 is 1.96 bits per heavy atom. The molecule has 1 N–H and O–H groups in total. The van der Waals surface area contributed by atoms with Crippen LogP contribution in [0.2, 0.25) is 0 Å². The Balaban J connectivity index is 2.05. The van der Waals surface area contributed by atoms with E-state index in [9.17, 15) is 4.79 Å². The van der Waals surface area contributed by atoms with Gasteiger partial charge in [-0.1, -0.05) is 12.1 Å². The predicted molar refractivity (Wildman–Crippen MR) is 94.2 cm³/mol. The first kappa shape index (κ1) is 17.4. The molecule has 2 heterocycles. The van der Waals surface area contributed by atoms with E-state index in [1.807, 2.05) is 12.1 Å². The van der Waals surface area contributed by atoms with Crippen LogP contribution in [0.25, 0.3) is 0 Å². The minimum absolute atomic E-state index is 0.177. The number of carbonyl (C=O) groups is 1. The molecule has 0 aliphatic rings. The third-order valence-corrected chi connectivity index (χ3v) is 3.74. The molecule has 0 aliphatic carbocycles. The van der Waals surface area contributed by atoms with Gasteiger partial charge in [0.1, 0.15) is 11.4 Å². The van der Waals surface area contributed by atoms with Gasteiger partial charge in [-0.2, -0.15) is 5.11 Å². The molecule has 7 heteroatoms. The largest absolute Gasteiger partial charge is 0.478 e. The first-order valence-electron chi connectivity index (χ1n) is 7.80. The molecular formula is C19H16N4O3. The van der Waals surface area contributed by atoms with E-state index in [1.54, 1.807) is 48.8 Å². The molecule has 0 aliphatic heterocycles. The first-order valence-corrected chi connectivity index (χ1v) is 7.80. The van der Waals surface area contributed by atoms with Gasteiger partial charge in [0.15, 0.2) is 0 Å². The standard InChI is InChI=1S/C19H16N4O3/c1-26-19(16-6-2-4-12-20-16,17-7-3-5-13-21-17)23-22-15-10-8-14(9-11-15)18(24)25/h2-13H,1H3,(H,24,25). The van der Waals surface area contributed by atoms with Gasteiger partial charge in [-0.05, 0) is 48.5 Å². The molecule has 0 saturated heterocycles. The highest BCUT2D eigenvalue weighted by Crippen LogP contribution is 2.33. The SMILES string of the molecule is COC(N=Nc1ccc(C(=O)O)cc1)(c1ccccn1)c1ccccn1. The molecule has 0 bridgehead atoms. The summed E-state index contributed by atoms with van der Waals surface area (Å²) in [6.45, 7) is 0. The number of methoxy groups -OCH3 is 1. The summed E-state index contributed by atoms with van der Waals surface area (Å²) in [6, 6.07) is 16.9. The zero-order valence-corrected chi connectivity index (χ0v) is 14.0. The van der Waals surface area contributed by atoms with Crippen LogP contribution < -0.4 is 0 Å². The van der Waals surface area contributed by atoms with Crippen LogP contribution in [0.1, 0.15) is 21.7 Å². The number of azo groups is 1. The Bertz CT molecular complexity index is 858. The van der Waals surface area contributed by atoms with Gasteiger partial charge in [0.2, 0.25) is 0 Å². The average molecular weight is 348 g/mol. The van der Waals surface area contributed by atoms with Crippen LogP contribution >= 0.6 is 0 Å². The van der Waals surface area contributed by atoms with Gasteiger partial charge in [-0.3, -0.25) is 9.97 Å². The highest BCUT2D eigenvalue weighted by molar-refractivity contribution is 5.87. The molecule has 0 radical (unpaired) electrons. The van der Waals surface area contributed by atoms with Crippen molar-refractivity contribution in [2.45, 2.75) is 5.72 Å². The van der Waals surface area contributed by atoms with Gasteiger partial charge in [0.05, 0.1) is 11.3 Å². The second-order valence-electron chi connectivity index (χ2n) is 5.33. The van der Waals surface area contributed by atoms with Gasteiger partial charge in [-0.25, -0.2) is 4.79 Å². The number of carboxylic acid groups (broad SMARTS) is 1. The fourth-order valence-corrected chi connectivity index (χ4v) is 2.41. The third-order valence-electron chi connectivity index (χ3n) is 3.74. The van der Waals surface area contributed by atoms with E-state index in [4.69, 9.17) is 9.84 Å². The molecule has 3 rings (SSSR count). The topological polar surface area (TPSA) is 97.0 Å². The van der Waals surface area contributed by atoms with Gasteiger partial charge in [0.25, 0.3) is 5.72 Å². The number of ether oxygens (including phenoxy) is 1. The highest BCUT2D eigenvalue weighted by atomic mass is 16.5. The lowest BCUT2D eigenvalue weighted by molar-refractivity contribution is 0.0167. The highest BCUT2D eigenvalue weighted by Gasteiger charge is 2.37. The van der Waals surface area contributed by atoms with E-state index in [0.29, 0.717) is 17.1 Å². The van der Waals surface area contributed by atoms with E-state index in [1.165, 1.54) is 19.2 Å². The van der Waals surface area contributed by atoms with Gasteiger partial charge >= 0.3 is 5.97 Å². The number of aromatic nitrogens is 2. The fourth-order valence-electron chi connectivity index (χ4n) is 2.41. The Labute approximate surface area is 150 Å². The maximum atomic E-state index is 11.0. The van der Waals surface area contributed by atoms with Crippen LogP contribution in [0.5, 0.6) is 0 Å². The van der Waals surface area contributed by atoms with Crippen molar-refractivity contribution < 1.29 is 14.6 Å². The van der Waals surface area contributed by atoms with Crippen LogP contribution in [0, 0.1) is 0 Å². The van der Waals surface area contributed by atoms with Crippen molar-refractivity contribution in [3.63, 3.8) is 0 Å². The molecule has 130 valence electrons. The van der Waals surface area contributed by atoms with Crippen molar-refractivity contribution in [2.24, 2.45) is 10.2 Å². The van der Waals surface area contributed by atoms with Crippen molar-refractivity contribution in [3.8, 4) is 0 Å². The first-order chi connectivity index (χ1) is 12.7. The van der Waals surface area contributed by atoms with Crippen molar-refractivity contribution in [1.29, 1.82) is 0 Å². The van der Waals surface area contributed by atoms with Crippen LogP contribution in [0.3, 0.4) is 0 Å². The van der Waals surface area contributed by atoms with Crippen molar-refractivity contribution in [3.05, 3.63) is 90.0 Å². The lowest BCUT2D eigenvalue weighted by Gasteiger charge is -2.25. The van der Waals surface area contributed by atoms with E-state index >= 15 is 0 Å². The molecular weight excluding hydrogens is 332 g/mol. The average Bonchev–Trinajstić information content (AvgIpc) is 2.71. The minimum Gasteiger partial charge on any atom is -0.478 e.